The van der Waals surface area contributed by atoms with E-state index in [0.717, 1.165) is 4.90 Å². The van der Waals surface area contributed by atoms with Crippen LogP contribution in [0.3, 0.4) is 0 Å². The predicted molar refractivity (Wildman–Crippen MR) is 89.6 cm³/mol. The third kappa shape index (κ3) is 2.47. The molecule has 1 N–H and O–H groups in total. The van der Waals surface area contributed by atoms with E-state index in [1.54, 1.807) is 75.4 Å². The van der Waals surface area contributed by atoms with E-state index in [4.69, 9.17) is 4.74 Å². The molecule has 24 heavy (non-hydrogen) atoms. The van der Waals surface area contributed by atoms with Crippen LogP contribution in [-0.4, -0.2) is 22.7 Å². The molecule has 2 aromatic rings. The van der Waals surface area contributed by atoms with Crippen molar-refractivity contribution >= 4 is 17.7 Å². The van der Waals surface area contributed by atoms with E-state index in [1.807, 2.05) is 0 Å². The summed E-state index contributed by atoms with van der Waals surface area (Å²) < 4.78 is 5.33. The maximum Gasteiger partial charge on any atom is 0.421 e. The van der Waals surface area contributed by atoms with Crippen LogP contribution in [-0.2, 0) is 15.1 Å². The molecule has 0 radical (unpaired) electrons. The summed E-state index contributed by atoms with van der Waals surface area (Å²) in [7, 11) is 0. The normalized spacial score (nSPS) is 20.0. The molecule has 2 aromatic carbocycles. The highest BCUT2D eigenvalue weighted by Crippen LogP contribution is 2.44. The molecule has 0 aliphatic carbocycles. The fraction of sp³-hybridized carbons (Fsp3) is 0.263. The van der Waals surface area contributed by atoms with Crippen LogP contribution >= 0.6 is 0 Å². The lowest BCUT2D eigenvalue weighted by Crippen LogP contribution is -2.45. The van der Waals surface area contributed by atoms with E-state index in [1.165, 1.54) is 0 Å². The number of hydrogen-bond acceptors (Lipinski definition) is 4. The van der Waals surface area contributed by atoms with Gasteiger partial charge in [0.2, 0.25) is 0 Å². The first kappa shape index (κ1) is 16.2. The quantitative estimate of drug-likeness (QED) is 0.874. The van der Waals surface area contributed by atoms with E-state index in [9.17, 15) is 14.7 Å². The molecule has 124 valence electrons. The molecule has 0 spiro atoms. The molecule has 0 saturated heterocycles. The number of fused-ring (bicyclic) bond motifs is 1. The first-order chi connectivity index (χ1) is 11.2. The number of benzene rings is 2. The average molecular weight is 325 g/mol. The predicted octanol–water partition coefficient (Wildman–Crippen LogP) is 3.20. The van der Waals surface area contributed by atoms with Crippen LogP contribution < -0.4 is 4.90 Å². The van der Waals surface area contributed by atoms with Crippen molar-refractivity contribution in [2.24, 2.45) is 0 Å². The molecular weight excluding hydrogens is 306 g/mol. The number of rotatable bonds is 1. The zero-order valence-electron chi connectivity index (χ0n) is 13.8. The Morgan fingerprint density at radius 2 is 1.62 bits per heavy atom. The highest BCUT2D eigenvalue weighted by atomic mass is 16.6. The summed E-state index contributed by atoms with van der Waals surface area (Å²) >= 11 is 0. The van der Waals surface area contributed by atoms with Gasteiger partial charge in [-0.05, 0) is 32.4 Å². The number of carbonyl (C=O) groups is 2. The minimum absolute atomic E-state index is 0.336. The molecule has 1 atom stereocenters. The monoisotopic (exact) mass is 325 g/mol. The number of carbonyl (C=O) groups excluding carboxylic acids is 2. The lowest BCUT2D eigenvalue weighted by molar-refractivity contribution is -0.131. The minimum atomic E-state index is -1.91. The van der Waals surface area contributed by atoms with Crippen LogP contribution in [0.4, 0.5) is 10.5 Å². The van der Waals surface area contributed by atoms with Gasteiger partial charge in [-0.1, -0.05) is 48.5 Å². The fourth-order valence-corrected chi connectivity index (χ4v) is 2.81. The Bertz CT molecular complexity index is 795. The Morgan fingerprint density at radius 1 is 1.04 bits per heavy atom. The zero-order chi connectivity index (χ0) is 17.5. The topological polar surface area (TPSA) is 66.8 Å². The number of amides is 2. The molecular formula is C19H19NO4. The van der Waals surface area contributed by atoms with Gasteiger partial charge in [0.1, 0.15) is 5.60 Å². The van der Waals surface area contributed by atoms with Gasteiger partial charge < -0.3 is 9.84 Å². The second-order valence-corrected chi connectivity index (χ2v) is 6.71. The highest BCUT2D eigenvalue weighted by Gasteiger charge is 2.53. The summed E-state index contributed by atoms with van der Waals surface area (Å²) in [6.07, 6.45) is -0.799. The van der Waals surface area contributed by atoms with Crippen molar-refractivity contribution < 1.29 is 19.4 Å². The molecule has 0 saturated carbocycles. The van der Waals surface area contributed by atoms with Gasteiger partial charge in [0.05, 0.1) is 5.69 Å². The van der Waals surface area contributed by atoms with E-state index in [-0.39, 0.29) is 0 Å². The van der Waals surface area contributed by atoms with Gasteiger partial charge >= 0.3 is 6.09 Å². The van der Waals surface area contributed by atoms with Crippen molar-refractivity contribution in [3.8, 4) is 0 Å². The standard InChI is InChI=1S/C19H19NO4/c1-18(2,3)24-17(22)20-15-12-8-7-11-14(15)19(23,16(20)21)13-9-5-4-6-10-13/h4-12,23H,1-3H3/t19-/m0/s1. The molecule has 3 rings (SSSR count). The molecule has 1 aliphatic rings. The van der Waals surface area contributed by atoms with Crippen molar-refractivity contribution in [2.45, 2.75) is 32.0 Å². The van der Waals surface area contributed by atoms with Crippen molar-refractivity contribution in [1.82, 2.24) is 0 Å². The molecule has 1 aliphatic heterocycles. The van der Waals surface area contributed by atoms with Crippen LogP contribution in [0.15, 0.2) is 54.6 Å². The maximum atomic E-state index is 13.0. The van der Waals surface area contributed by atoms with Gasteiger partial charge in [-0.2, -0.15) is 0 Å². The van der Waals surface area contributed by atoms with Gasteiger partial charge in [-0.3, -0.25) is 4.79 Å². The van der Waals surface area contributed by atoms with Gasteiger partial charge in [0, 0.05) is 5.56 Å². The summed E-state index contributed by atoms with van der Waals surface area (Å²) in [4.78, 5) is 26.4. The number of imide groups is 1. The smallest absolute Gasteiger partial charge is 0.421 e. The number of anilines is 1. The molecule has 2 amide bonds. The van der Waals surface area contributed by atoms with Crippen LogP contribution in [0.1, 0.15) is 31.9 Å². The molecule has 0 unspecified atom stereocenters. The Hall–Kier alpha value is -2.66. The maximum absolute atomic E-state index is 13.0. The summed E-state index contributed by atoms with van der Waals surface area (Å²) in [5, 5.41) is 11.2. The summed E-state index contributed by atoms with van der Waals surface area (Å²) in [6, 6.07) is 15.3. The molecule has 1 heterocycles. The average Bonchev–Trinajstić information content (AvgIpc) is 2.76. The molecule has 0 aromatic heterocycles. The molecule has 5 heteroatoms. The number of para-hydroxylation sites is 1. The largest absolute Gasteiger partial charge is 0.443 e. The number of aliphatic hydroxyl groups is 1. The van der Waals surface area contributed by atoms with Gasteiger partial charge in [-0.25, -0.2) is 9.69 Å². The van der Waals surface area contributed by atoms with E-state index in [0.29, 0.717) is 16.8 Å². The van der Waals surface area contributed by atoms with E-state index < -0.39 is 23.2 Å². The van der Waals surface area contributed by atoms with Crippen molar-refractivity contribution in [1.29, 1.82) is 0 Å². The van der Waals surface area contributed by atoms with E-state index >= 15 is 0 Å². The summed E-state index contributed by atoms with van der Waals surface area (Å²) in [5.74, 6) is -0.732. The fourth-order valence-electron chi connectivity index (χ4n) is 2.81. The number of nitrogens with zero attached hydrogens (tertiary/aromatic N) is 1. The van der Waals surface area contributed by atoms with Crippen LogP contribution in [0.5, 0.6) is 0 Å². The second-order valence-electron chi connectivity index (χ2n) is 6.71. The van der Waals surface area contributed by atoms with Crippen molar-refractivity contribution in [2.75, 3.05) is 4.90 Å². The first-order valence-electron chi connectivity index (χ1n) is 7.70. The Balaban J connectivity index is 2.13. The highest BCUT2D eigenvalue weighted by molar-refractivity contribution is 6.21. The summed E-state index contributed by atoms with van der Waals surface area (Å²) in [5.41, 5.74) is -1.54. The Morgan fingerprint density at radius 3 is 2.25 bits per heavy atom. The second kappa shape index (κ2) is 5.46. The van der Waals surface area contributed by atoms with Crippen molar-refractivity contribution in [3.63, 3.8) is 0 Å². The lowest BCUT2D eigenvalue weighted by Gasteiger charge is -2.25. The van der Waals surface area contributed by atoms with Crippen molar-refractivity contribution in [3.05, 3.63) is 65.7 Å². The third-order valence-corrected chi connectivity index (χ3v) is 3.81. The van der Waals surface area contributed by atoms with Crippen LogP contribution in [0, 0.1) is 0 Å². The lowest BCUT2D eigenvalue weighted by atomic mass is 9.88. The molecule has 0 fully saturated rings. The van der Waals surface area contributed by atoms with E-state index in [2.05, 4.69) is 0 Å². The summed E-state index contributed by atoms with van der Waals surface area (Å²) in [6.45, 7) is 5.17. The SMILES string of the molecule is CC(C)(C)OC(=O)N1C(=O)[C@](O)(c2ccccc2)c2ccccc21. The van der Waals surface area contributed by atoms with Gasteiger partial charge in [0.25, 0.3) is 5.91 Å². The zero-order valence-corrected chi connectivity index (χ0v) is 13.8. The number of hydrogen-bond donors (Lipinski definition) is 1. The van der Waals surface area contributed by atoms with Gasteiger partial charge in [-0.15, -0.1) is 0 Å². The minimum Gasteiger partial charge on any atom is -0.443 e. The molecule has 5 nitrogen and oxygen atoms in total. The first-order valence-corrected chi connectivity index (χ1v) is 7.70. The van der Waals surface area contributed by atoms with Crippen LogP contribution in [0.2, 0.25) is 0 Å². The Labute approximate surface area is 140 Å². The number of ether oxygens (including phenoxy) is 1. The molecule has 0 bridgehead atoms. The van der Waals surface area contributed by atoms with Crippen LogP contribution in [0.25, 0.3) is 0 Å². The van der Waals surface area contributed by atoms with Gasteiger partial charge in [0.15, 0.2) is 5.60 Å². The third-order valence-electron chi connectivity index (χ3n) is 3.81. The Kier molecular flexibility index (Phi) is 3.68.